The number of hydrogen-bond donors (Lipinski definition) is 1. The summed E-state index contributed by atoms with van der Waals surface area (Å²) in [7, 11) is 0. The predicted molar refractivity (Wildman–Crippen MR) is 132 cm³/mol. The average molecular weight is 483 g/mol. The first kappa shape index (κ1) is 24.9. The number of non-ortho nitro benzene ring substituents is 1. The van der Waals surface area contributed by atoms with Crippen molar-refractivity contribution in [2.24, 2.45) is 0 Å². The highest BCUT2D eigenvalue weighted by Gasteiger charge is 2.26. The summed E-state index contributed by atoms with van der Waals surface area (Å²) in [4.78, 5) is 36.8. The molecule has 0 aliphatic carbocycles. The summed E-state index contributed by atoms with van der Waals surface area (Å²) in [6.07, 6.45) is 0. The highest BCUT2D eigenvalue weighted by molar-refractivity contribution is 7.17. The van der Waals surface area contributed by atoms with Crippen molar-refractivity contribution < 1.29 is 24.0 Å². The lowest BCUT2D eigenvalue weighted by Crippen LogP contribution is -2.21. The Kier molecular flexibility index (Phi) is 7.68. The van der Waals surface area contributed by atoms with Gasteiger partial charge in [0.15, 0.2) is 6.61 Å². The molecule has 3 aromatic rings. The first-order valence-electron chi connectivity index (χ1n) is 10.7. The molecule has 0 saturated heterocycles. The van der Waals surface area contributed by atoms with Crippen LogP contribution in [0.3, 0.4) is 0 Å². The monoisotopic (exact) mass is 482 g/mol. The third-order valence-electron chi connectivity index (χ3n) is 5.31. The van der Waals surface area contributed by atoms with Gasteiger partial charge in [0.05, 0.1) is 11.5 Å². The molecule has 8 nitrogen and oxygen atoms in total. The van der Waals surface area contributed by atoms with Crippen molar-refractivity contribution in [1.29, 1.82) is 0 Å². The molecular weight excluding hydrogens is 456 g/mol. The van der Waals surface area contributed by atoms with Crippen molar-refractivity contribution in [3.63, 3.8) is 0 Å². The van der Waals surface area contributed by atoms with Crippen LogP contribution < -0.4 is 10.1 Å². The maximum Gasteiger partial charge on any atom is 0.341 e. The lowest BCUT2D eigenvalue weighted by Gasteiger charge is -2.13. The molecule has 0 bridgehead atoms. The highest BCUT2D eigenvalue weighted by atomic mass is 32.1. The van der Waals surface area contributed by atoms with E-state index >= 15 is 0 Å². The molecule has 1 amide bonds. The molecule has 0 fully saturated rings. The molecule has 9 heteroatoms. The number of nitro groups is 1. The molecule has 1 aromatic heterocycles. The van der Waals surface area contributed by atoms with Crippen molar-refractivity contribution in [3.8, 4) is 16.9 Å². The normalized spacial score (nSPS) is 10.6. The number of benzene rings is 2. The molecule has 0 atom stereocenters. The van der Waals surface area contributed by atoms with Crippen LogP contribution in [0.4, 0.5) is 10.7 Å². The second kappa shape index (κ2) is 10.5. The summed E-state index contributed by atoms with van der Waals surface area (Å²) in [5.41, 5.74) is 4.41. The van der Waals surface area contributed by atoms with E-state index in [1.807, 2.05) is 39.8 Å². The fourth-order valence-corrected chi connectivity index (χ4v) is 4.67. The number of nitrogens with zero attached hydrogens (tertiary/aromatic N) is 1. The third kappa shape index (κ3) is 5.43. The van der Waals surface area contributed by atoms with Crippen LogP contribution in [-0.2, 0) is 9.53 Å². The lowest BCUT2D eigenvalue weighted by molar-refractivity contribution is -0.384. The van der Waals surface area contributed by atoms with Crippen molar-refractivity contribution in [3.05, 3.63) is 73.6 Å². The first-order valence-corrected chi connectivity index (χ1v) is 11.5. The summed E-state index contributed by atoms with van der Waals surface area (Å²) in [5.74, 6) is -0.366. The molecule has 34 heavy (non-hydrogen) atoms. The van der Waals surface area contributed by atoms with Crippen molar-refractivity contribution in [2.45, 2.75) is 34.6 Å². The number of thiophene rings is 1. The molecule has 1 heterocycles. The number of aryl methyl sites for hydroxylation is 3. The van der Waals surface area contributed by atoms with Crippen molar-refractivity contribution >= 4 is 33.9 Å². The Bertz CT molecular complexity index is 1250. The van der Waals surface area contributed by atoms with E-state index < -0.39 is 16.8 Å². The van der Waals surface area contributed by atoms with Gasteiger partial charge in [-0.05, 0) is 75.1 Å². The van der Waals surface area contributed by atoms with E-state index in [0.717, 1.165) is 21.6 Å². The summed E-state index contributed by atoms with van der Waals surface area (Å²) < 4.78 is 11.0. The van der Waals surface area contributed by atoms with Crippen LogP contribution in [-0.4, -0.2) is 30.0 Å². The smallest absolute Gasteiger partial charge is 0.341 e. The minimum atomic E-state index is -0.582. The van der Waals surface area contributed by atoms with Gasteiger partial charge in [0.2, 0.25) is 0 Å². The number of nitrogens with one attached hydrogen (secondary N) is 1. The van der Waals surface area contributed by atoms with E-state index in [9.17, 15) is 19.7 Å². The molecule has 1 N–H and O–H groups in total. The zero-order chi connectivity index (χ0) is 25.0. The predicted octanol–water partition coefficient (Wildman–Crippen LogP) is 5.75. The second-order valence-corrected chi connectivity index (χ2v) is 9.03. The Balaban J connectivity index is 1.89. The zero-order valence-electron chi connectivity index (χ0n) is 19.7. The van der Waals surface area contributed by atoms with Gasteiger partial charge >= 0.3 is 5.97 Å². The fraction of sp³-hybridized carbons (Fsp3) is 0.280. The maximum atomic E-state index is 12.8. The zero-order valence-corrected chi connectivity index (χ0v) is 20.5. The van der Waals surface area contributed by atoms with Crippen LogP contribution in [0.25, 0.3) is 11.1 Å². The number of amides is 1. The number of carbonyl (C=O) groups excluding carboxylic acids is 2. The number of hydrogen-bond acceptors (Lipinski definition) is 7. The number of nitro benzene ring substituents is 1. The molecule has 0 spiro atoms. The van der Waals surface area contributed by atoms with Crippen LogP contribution in [0.1, 0.15) is 38.8 Å². The van der Waals surface area contributed by atoms with Crippen molar-refractivity contribution in [2.75, 3.05) is 18.5 Å². The van der Waals surface area contributed by atoms with E-state index in [1.54, 1.807) is 19.1 Å². The Morgan fingerprint density at radius 3 is 2.38 bits per heavy atom. The molecular formula is C25H26N2O6S. The topological polar surface area (TPSA) is 108 Å². The number of carbonyl (C=O) groups is 2. The fourth-order valence-electron chi connectivity index (χ4n) is 3.58. The van der Waals surface area contributed by atoms with Crippen LogP contribution >= 0.6 is 11.3 Å². The third-order valence-corrected chi connectivity index (χ3v) is 6.33. The molecule has 178 valence electrons. The van der Waals surface area contributed by atoms with Crippen LogP contribution in [0.15, 0.2) is 36.4 Å². The van der Waals surface area contributed by atoms with E-state index in [2.05, 4.69) is 5.32 Å². The summed E-state index contributed by atoms with van der Waals surface area (Å²) in [6, 6.07) is 9.82. The van der Waals surface area contributed by atoms with E-state index in [1.165, 1.54) is 23.5 Å². The van der Waals surface area contributed by atoms with Gasteiger partial charge in [-0.15, -0.1) is 11.3 Å². The summed E-state index contributed by atoms with van der Waals surface area (Å²) in [6.45, 7) is 9.32. The quantitative estimate of drug-likeness (QED) is 0.249. The first-order chi connectivity index (χ1) is 16.1. The minimum absolute atomic E-state index is 0.0540. The van der Waals surface area contributed by atoms with Crippen LogP contribution in [0, 0.1) is 37.8 Å². The van der Waals surface area contributed by atoms with E-state index in [-0.39, 0.29) is 24.5 Å². The molecule has 0 radical (unpaired) electrons. The Morgan fingerprint density at radius 2 is 1.76 bits per heavy atom. The largest absolute Gasteiger partial charge is 0.483 e. The van der Waals surface area contributed by atoms with Crippen LogP contribution in [0.2, 0.25) is 0 Å². The second-order valence-electron chi connectivity index (χ2n) is 7.80. The van der Waals surface area contributed by atoms with Crippen molar-refractivity contribution in [1.82, 2.24) is 0 Å². The number of ether oxygens (including phenoxy) is 2. The summed E-state index contributed by atoms with van der Waals surface area (Å²) >= 11 is 1.24. The van der Waals surface area contributed by atoms with Gasteiger partial charge in [0.1, 0.15) is 16.3 Å². The van der Waals surface area contributed by atoms with E-state index in [0.29, 0.717) is 21.9 Å². The highest BCUT2D eigenvalue weighted by Crippen LogP contribution is 2.41. The number of rotatable bonds is 8. The average Bonchev–Trinajstić information content (AvgIpc) is 3.10. The van der Waals surface area contributed by atoms with Gasteiger partial charge in [0, 0.05) is 22.6 Å². The molecule has 2 aromatic carbocycles. The van der Waals surface area contributed by atoms with Gasteiger partial charge in [0.25, 0.3) is 11.6 Å². The standard InChI is InChI=1S/C25H26N2O6S/c1-6-32-25(29)23-22(18-7-9-19(10-8-18)27(30)31)17(5)34-24(23)26-21(28)13-33-20-12-14(2)11-15(3)16(20)4/h7-12H,6,13H2,1-5H3,(H,26,28). The Labute approximate surface area is 201 Å². The van der Waals surface area contributed by atoms with Crippen LogP contribution in [0.5, 0.6) is 5.75 Å². The van der Waals surface area contributed by atoms with Gasteiger partial charge in [-0.1, -0.05) is 6.07 Å². The van der Waals surface area contributed by atoms with Gasteiger partial charge in [-0.25, -0.2) is 4.79 Å². The molecule has 0 aliphatic rings. The molecule has 3 rings (SSSR count). The van der Waals surface area contributed by atoms with Gasteiger partial charge < -0.3 is 14.8 Å². The molecule has 0 aliphatic heterocycles. The van der Waals surface area contributed by atoms with Gasteiger partial charge in [-0.3, -0.25) is 14.9 Å². The van der Waals surface area contributed by atoms with Gasteiger partial charge in [-0.2, -0.15) is 0 Å². The number of anilines is 1. The van der Waals surface area contributed by atoms with E-state index in [4.69, 9.17) is 9.47 Å². The number of esters is 1. The molecule has 0 saturated carbocycles. The Hall–Kier alpha value is -3.72. The maximum absolute atomic E-state index is 12.8. The minimum Gasteiger partial charge on any atom is -0.483 e. The summed E-state index contributed by atoms with van der Waals surface area (Å²) in [5, 5.41) is 14.1. The molecule has 0 unspecified atom stereocenters. The Morgan fingerprint density at radius 1 is 1.09 bits per heavy atom. The lowest BCUT2D eigenvalue weighted by atomic mass is 10.0. The SMILES string of the molecule is CCOC(=O)c1c(NC(=O)COc2cc(C)cc(C)c2C)sc(C)c1-c1ccc([N+](=O)[O-])cc1.